The fourth-order valence-electron chi connectivity index (χ4n) is 6.59. The van der Waals surface area contributed by atoms with E-state index in [2.05, 4.69) is 53.3 Å². The molecule has 57 heavy (non-hydrogen) atoms. The van der Waals surface area contributed by atoms with Crippen molar-refractivity contribution in [3.05, 3.63) is 180 Å². The van der Waals surface area contributed by atoms with E-state index in [4.69, 9.17) is 9.47 Å². The highest BCUT2D eigenvalue weighted by atomic mass is 16.5. The van der Waals surface area contributed by atoms with Gasteiger partial charge in [-0.1, -0.05) is 48.5 Å². The number of nitrogens with zero attached hydrogens (tertiary/aromatic N) is 6. The Labute approximate surface area is 332 Å². The molecule has 6 rings (SSSR count). The van der Waals surface area contributed by atoms with Gasteiger partial charge in [-0.2, -0.15) is 0 Å². The summed E-state index contributed by atoms with van der Waals surface area (Å²) < 4.78 is 9.67. The van der Waals surface area contributed by atoms with Gasteiger partial charge < -0.3 is 14.8 Å². The number of pyridine rings is 4. The minimum absolute atomic E-state index is 0.331. The van der Waals surface area contributed by atoms with Crippen molar-refractivity contribution in [3.63, 3.8) is 0 Å². The quantitative estimate of drug-likeness (QED) is 0.101. The summed E-state index contributed by atoms with van der Waals surface area (Å²) in [7, 11) is 2.43. The lowest BCUT2D eigenvalue weighted by Crippen LogP contribution is -2.43. The molecule has 1 atom stereocenters. The summed E-state index contributed by atoms with van der Waals surface area (Å²) in [6.07, 6.45) is 6.80. The highest BCUT2D eigenvalue weighted by Gasteiger charge is 2.27. The minimum atomic E-state index is -1.23. The molecule has 1 N–H and O–H groups in total. The fourth-order valence-corrected chi connectivity index (χ4v) is 6.59. The van der Waals surface area contributed by atoms with E-state index in [0.717, 1.165) is 39.5 Å². The molecule has 0 fully saturated rings. The first-order chi connectivity index (χ1) is 27.9. The molecule has 0 radical (unpaired) electrons. The van der Waals surface area contributed by atoms with Crippen LogP contribution in [-0.2, 0) is 58.3 Å². The molecule has 0 unspecified atom stereocenters. The molecule has 1 amide bonds. The molecular weight excluding hydrogens is 719 g/mol. The standard InChI is InChI=1S/C45H45N7O5/c1-56-43(53)26-42(45(55)57-2)50-44(54)41-18-4-3-17-40(41)35-24-33(27-51(29-36-13-5-9-19-46-36)30-37-14-6-10-20-47-37)23-34(25-35)28-52(31-38-15-7-11-21-48-38)32-39-16-8-12-22-49-39/h3-25,42H,26-32H2,1-2H3,(H,50,54)/t42-/m0/s1. The van der Waals surface area contributed by atoms with E-state index in [-0.39, 0.29) is 6.42 Å². The van der Waals surface area contributed by atoms with Gasteiger partial charge >= 0.3 is 11.9 Å². The first kappa shape index (κ1) is 40.0. The number of rotatable bonds is 18. The van der Waals surface area contributed by atoms with Gasteiger partial charge in [0.15, 0.2) is 0 Å². The molecule has 4 heterocycles. The number of esters is 2. The molecule has 4 aromatic heterocycles. The first-order valence-corrected chi connectivity index (χ1v) is 18.6. The molecule has 0 aliphatic carbocycles. The van der Waals surface area contributed by atoms with Crippen LogP contribution < -0.4 is 5.32 Å². The molecule has 12 heteroatoms. The smallest absolute Gasteiger partial charge is 0.328 e. The summed E-state index contributed by atoms with van der Waals surface area (Å²) in [5, 5.41) is 2.70. The predicted octanol–water partition coefficient (Wildman–Crippen LogP) is 6.17. The average molecular weight is 764 g/mol. The second kappa shape index (κ2) is 20.3. The maximum absolute atomic E-state index is 14.0. The van der Waals surface area contributed by atoms with Crippen LogP contribution in [0.25, 0.3) is 11.1 Å². The van der Waals surface area contributed by atoms with E-state index in [1.54, 1.807) is 36.9 Å². The Morgan fingerprint density at radius 1 is 0.561 bits per heavy atom. The highest BCUT2D eigenvalue weighted by Crippen LogP contribution is 2.29. The molecule has 12 nitrogen and oxygen atoms in total. The lowest BCUT2D eigenvalue weighted by Gasteiger charge is -2.25. The van der Waals surface area contributed by atoms with Gasteiger partial charge in [-0.05, 0) is 89.0 Å². The van der Waals surface area contributed by atoms with Gasteiger partial charge in [-0.3, -0.25) is 39.3 Å². The van der Waals surface area contributed by atoms with Crippen LogP contribution in [0.1, 0.15) is 50.7 Å². The van der Waals surface area contributed by atoms with E-state index in [0.29, 0.717) is 50.4 Å². The summed E-state index contributed by atoms with van der Waals surface area (Å²) in [5.74, 6) is -1.94. The van der Waals surface area contributed by atoms with Crippen LogP contribution in [0.5, 0.6) is 0 Å². The number of carbonyl (C=O) groups is 3. The summed E-state index contributed by atoms with van der Waals surface area (Å²) in [6, 6.07) is 35.9. The van der Waals surface area contributed by atoms with Crippen LogP contribution in [0.4, 0.5) is 0 Å². The van der Waals surface area contributed by atoms with E-state index in [1.165, 1.54) is 14.2 Å². The van der Waals surface area contributed by atoms with Crippen LogP contribution in [0.2, 0.25) is 0 Å². The normalized spacial score (nSPS) is 11.6. The number of nitrogens with one attached hydrogen (secondary N) is 1. The Bertz CT molecular complexity index is 2020. The first-order valence-electron chi connectivity index (χ1n) is 18.6. The molecule has 0 aliphatic heterocycles. The topological polar surface area (TPSA) is 140 Å². The second-order valence-electron chi connectivity index (χ2n) is 13.5. The number of carbonyl (C=O) groups excluding carboxylic acids is 3. The Hall–Kier alpha value is -6.63. The van der Waals surface area contributed by atoms with Crippen molar-refractivity contribution >= 4 is 17.8 Å². The van der Waals surface area contributed by atoms with Crippen molar-refractivity contribution < 1.29 is 23.9 Å². The summed E-state index contributed by atoms with van der Waals surface area (Å²) in [5.41, 5.74) is 7.52. The van der Waals surface area contributed by atoms with Gasteiger partial charge in [-0.25, -0.2) is 4.79 Å². The van der Waals surface area contributed by atoms with Crippen LogP contribution in [-0.4, -0.2) is 67.8 Å². The number of benzene rings is 2. The van der Waals surface area contributed by atoms with Gasteiger partial charge in [0.25, 0.3) is 5.91 Å². The molecule has 0 saturated heterocycles. The number of aromatic nitrogens is 4. The van der Waals surface area contributed by atoms with Gasteiger partial charge in [0, 0.05) is 69.6 Å². The van der Waals surface area contributed by atoms with Crippen LogP contribution in [0.3, 0.4) is 0 Å². The average Bonchev–Trinajstić information content (AvgIpc) is 3.24. The number of ether oxygens (including phenoxy) is 2. The molecule has 0 bridgehead atoms. The van der Waals surface area contributed by atoms with Crippen LogP contribution in [0, 0.1) is 0 Å². The van der Waals surface area contributed by atoms with Crippen molar-refractivity contribution in [1.82, 2.24) is 35.1 Å². The molecule has 2 aromatic carbocycles. The second-order valence-corrected chi connectivity index (χ2v) is 13.5. The lowest BCUT2D eigenvalue weighted by atomic mass is 9.94. The van der Waals surface area contributed by atoms with Crippen molar-refractivity contribution in [2.24, 2.45) is 0 Å². The van der Waals surface area contributed by atoms with Crippen molar-refractivity contribution in [2.75, 3.05) is 14.2 Å². The molecule has 6 aromatic rings. The van der Waals surface area contributed by atoms with Crippen molar-refractivity contribution in [3.8, 4) is 11.1 Å². The van der Waals surface area contributed by atoms with E-state index in [9.17, 15) is 14.4 Å². The molecule has 0 saturated carbocycles. The van der Waals surface area contributed by atoms with Gasteiger partial charge in [0.05, 0.1) is 43.4 Å². The highest BCUT2D eigenvalue weighted by molar-refractivity contribution is 6.03. The number of hydrogen-bond donors (Lipinski definition) is 1. The molecule has 290 valence electrons. The van der Waals surface area contributed by atoms with Crippen LogP contribution >= 0.6 is 0 Å². The largest absolute Gasteiger partial charge is 0.469 e. The fraction of sp³-hybridized carbons (Fsp3) is 0.222. The van der Waals surface area contributed by atoms with Crippen LogP contribution in [0.15, 0.2) is 140 Å². The Morgan fingerprint density at radius 2 is 1.00 bits per heavy atom. The third-order valence-corrected chi connectivity index (χ3v) is 9.18. The van der Waals surface area contributed by atoms with Crippen molar-refractivity contribution in [1.29, 1.82) is 0 Å². The maximum atomic E-state index is 14.0. The molecular formula is C45H45N7O5. The van der Waals surface area contributed by atoms with E-state index < -0.39 is 23.9 Å². The minimum Gasteiger partial charge on any atom is -0.469 e. The van der Waals surface area contributed by atoms with E-state index >= 15 is 0 Å². The van der Waals surface area contributed by atoms with E-state index in [1.807, 2.05) is 84.9 Å². The van der Waals surface area contributed by atoms with Crippen molar-refractivity contribution in [2.45, 2.75) is 51.7 Å². The Kier molecular flexibility index (Phi) is 14.3. The monoisotopic (exact) mass is 763 g/mol. The maximum Gasteiger partial charge on any atom is 0.328 e. The zero-order valence-corrected chi connectivity index (χ0v) is 32.0. The third kappa shape index (κ3) is 11.9. The SMILES string of the molecule is COC(=O)C[C@H](NC(=O)c1ccccc1-c1cc(CN(Cc2ccccn2)Cc2ccccn2)cc(CN(Cc2ccccn2)Cc2ccccn2)c1)C(=O)OC. The summed E-state index contributed by atoms with van der Waals surface area (Å²) in [6.45, 7) is 3.42. The summed E-state index contributed by atoms with van der Waals surface area (Å²) in [4.78, 5) is 61.8. The predicted molar refractivity (Wildman–Crippen MR) is 215 cm³/mol. The molecule has 0 aliphatic rings. The number of methoxy groups -OCH3 is 2. The third-order valence-electron chi connectivity index (χ3n) is 9.18. The summed E-state index contributed by atoms with van der Waals surface area (Å²) >= 11 is 0. The number of hydrogen-bond acceptors (Lipinski definition) is 11. The Balaban J connectivity index is 1.40. The lowest BCUT2D eigenvalue weighted by molar-refractivity contribution is -0.149. The molecule has 0 spiro atoms. The zero-order chi connectivity index (χ0) is 39.8. The Morgan fingerprint density at radius 3 is 1.40 bits per heavy atom. The zero-order valence-electron chi connectivity index (χ0n) is 32.0. The van der Waals surface area contributed by atoms with Gasteiger partial charge in [0.1, 0.15) is 6.04 Å². The van der Waals surface area contributed by atoms with Gasteiger partial charge in [0.2, 0.25) is 0 Å². The number of amides is 1. The van der Waals surface area contributed by atoms with Gasteiger partial charge in [-0.15, -0.1) is 0 Å².